The highest BCUT2D eigenvalue weighted by Crippen LogP contribution is 2.25. The van der Waals surface area contributed by atoms with Crippen LogP contribution in [0, 0.1) is 0 Å². The fourth-order valence-electron chi connectivity index (χ4n) is 1.11. The Morgan fingerprint density at radius 1 is 1.41 bits per heavy atom. The lowest BCUT2D eigenvalue weighted by molar-refractivity contribution is 0.102. The van der Waals surface area contributed by atoms with Crippen LogP contribution in [-0.2, 0) is 0 Å². The Balaban J connectivity index is 2.03. The molecule has 2 aromatic heterocycles. The molecule has 0 atom stereocenters. The van der Waals surface area contributed by atoms with Crippen molar-refractivity contribution in [2.45, 2.75) is 11.3 Å². The molecular formula is C10H10N4OS2. The van der Waals surface area contributed by atoms with Crippen LogP contribution >= 0.6 is 23.1 Å². The summed E-state index contributed by atoms with van der Waals surface area (Å²) in [5.41, 5.74) is 0.555. The van der Waals surface area contributed by atoms with Crippen molar-refractivity contribution in [2.24, 2.45) is 0 Å². The Morgan fingerprint density at radius 2 is 2.18 bits per heavy atom. The van der Waals surface area contributed by atoms with E-state index in [1.165, 1.54) is 11.3 Å². The number of amides is 1. The van der Waals surface area contributed by atoms with Gasteiger partial charge in [0.1, 0.15) is 0 Å². The summed E-state index contributed by atoms with van der Waals surface area (Å²) < 4.78 is 0.859. The van der Waals surface area contributed by atoms with E-state index in [9.17, 15) is 4.79 Å². The van der Waals surface area contributed by atoms with Gasteiger partial charge in [0.05, 0.1) is 0 Å². The highest BCUT2D eigenvalue weighted by Gasteiger charge is 2.09. The van der Waals surface area contributed by atoms with Gasteiger partial charge in [-0.3, -0.25) is 15.1 Å². The summed E-state index contributed by atoms with van der Waals surface area (Å²) in [6, 6.07) is 3.30. The standard InChI is InChI=1S/C10H10N4OS2/c1-2-16-10-14-13-9(17-10)12-8(15)7-3-5-11-6-4-7/h3-6H,2H2,1H3,(H,12,13,15). The Hall–Kier alpha value is -1.47. The maximum Gasteiger partial charge on any atom is 0.257 e. The van der Waals surface area contributed by atoms with Crippen molar-refractivity contribution in [1.82, 2.24) is 15.2 Å². The van der Waals surface area contributed by atoms with Crippen LogP contribution in [0.5, 0.6) is 0 Å². The van der Waals surface area contributed by atoms with E-state index in [1.807, 2.05) is 6.92 Å². The molecule has 0 aliphatic heterocycles. The van der Waals surface area contributed by atoms with Gasteiger partial charge in [0.2, 0.25) is 5.13 Å². The number of carbonyl (C=O) groups excluding carboxylic acids is 1. The van der Waals surface area contributed by atoms with Gasteiger partial charge >= 0.3 is 0 Å². The van der Waals surface area contributed by atoms with E-state index in [1.54, 1.807) is 36.3 Å². The van der Waals surface area contributed by atoms with Crippen molar-refractivity contribution in [2.75, 3.05) is 11.1 Å². The summed E-state index contributed by atoms with van der Waals surface area (Å²) in [7, 11) is 0. The van der Waals surface area contributed by atoms with Crippen LogP contribution in [0.25, 0.3) is 0 Å². The van der Waals surface area contributed by atoms with E-state index in [2.05, 4.69) is 20.5 Å². The number of nitrogens with zero attached hydrogens (tertiary/aromatic N) is 3. The normalized spacial score (nSPS) is 10.2. The molecule has 1 amide bonds. The summed E-state index contributed by atoms with van der Waals surface area (Å²) in [4.78, 5) is 15.6. The third-order valence-corrected chi connectivity index (χ3v) is 3.69. The van der Waals surface area contributed by atoms with Gasteiger partial charge in [-0.2, -0.15) is 0 Å². The van der Waals surface area contributed by atoms with Gasteiger partial charge < -0.3 is 0 Å². The van der Waals surface area contributed by atoms with E-state index in [0.29, 0.717) is 10.7 Å². The van der Waals surface area contributed by atoms with Crippen LogP contribution in [0.2, 0.25) is 0 Å². The first-order valence-corrected chi connectivity index (χ1v) is 6.77. The summed E-state index contributed by atoms with van der Waals surface area (Å²) in [6.07, 6.45) is 3.15. The first-order chi connectivity index (χ1) is 8.29. The Morgan fingerprint density at radius 3 is 2.88 bits per heavy atom. The largest absolute Gasteiger partial charge is 0.296 e. The third-order valence-electron chi connectivity index (χ3n) is 1.84. The second kappa shape index (κ2) is 5.74. The maximum atomic E-state index is 11.8. The van der Waals surface area contributed by atoms with E-state index in [-0.39, 0.29) is 5.91 Å². The predicted octanol–water partition coefficient (Wildman–Crippen LogP) is 2.30. The van der Waals surface area contributed by atoms with Crippen LogP contribution in [0.1, 0.15) is 17.3 Å². The predicted molar refractivity (Wildman–Crippen MR) is 68.5 cm³/mol. The minimum Gasteiger partial charge on any atom is -0.296 e. The van der Waals surface area contributed by atoms with Gasteiger partial charge in [0.25, 0.3) is 5.91 Å². The molecule has 0 saturated carbocycles. The lowest BCUT2D eigenvalue weighted by atomic mass is 10.2. The first kappa shape index (κ1) is 12.0. The molecule has 0 radical (unpaired) electrons. The van der Waals surface area contributed by atoms with Gasteiger partial charge in [-0.25, -0.2) is 0 Å². The van der Waals surface area contributed by atoms with E-state index >= 15 is 0 Å². The summed E-state index contributed by atoms with van der Waals surface area (Å²) >= 11 is 2.98. The number of carbonyl (C=O) groups is 1. The van der Waals surface area contributed by atoms with Gasteiger partial charge in [-0.15, -0.1) is 10.2 Å². The maximum absolute atomic E-state index is 11.8. The molecule has 0 aliphatic carbocycles. The quantitative estimate of drug-likeness (QED) is 0.679. The molecule has 1 N–H and O–H groups in total. The van der Waals surface area contributed by atoms with Gasteiger partial charge in [-0.05, 0) is 17.9 Å². The number of rotatable bonds is 4. The van der Waals surface area contributed by atoms with Crippen molar-refractivity contribution in [3.63, 3.8) is 0 Å². The molecule has 0 spiro atoms. The van der Waals surface area contributed by atoms with E-state index < -0.39 is 0 Å². The zero-order valence-corrected chi connectivity index (χ0v) is 10.7. The molecule has 17 heavy (non-hydrogen) atoms. The van der Waals surface area contributed by atoms with Crippen molar-refractivity contribution in [3.05, 3.63) is 30.1 Å². The second-order valence-electron chi connectivity index (χ2n) is 3.00. The fourth-order valence-corrected chi connectivity index (χ4v) is 2.76. The molecule has 2 rings (SSSR count). The average molecular weight is 266 g/mol. The minimum absolute atomic E-state index is 0.198. The van der Waals surface area contributed by atoms with Crippen LogP contribution < -0.4 is 5.32 Å². The zero-order valence-electron chi connectivity index (χ0n) is 9.08. The molecule has 88 valence electrons. The van der Waals surface area contributed by atoms with Crippen LogP contribution in [0.3, 0.4) is 0 Å². The van der Waals surface area contributed by atoms with Gasteiger partial charge in [0, 0.05) is 18.0 Å². The molecule has 0 aromatic carbocycles. The molecule has 0 fully saturated rings. The molecule has 7 heteroatoms. The summed E-state index contributed by atoms with van der Waals surface area (Å²) in [5, 5.41) is 11.1. The highest BCUT2D eigenvalue weighted by molar-refractivity contribution is 8.01. The molecule has 0 aliphatic rings. The SMILES string of the molecule is CCSc1nnc(NC(=O)c2ccncc2)s1. The second-order valence-corrected chi connectivity index (χ2v) is 5.48. The monoisotopic (exact) mass is 266 g/mol. The zero-order chi connectivity index (χ0) is 12.1. The Bertz CT molecular complexity index is 500. The number of hydrogen-bond acceptors (Lipinski definition) is 6. The Labute approximate surface area is 107 Å². The smallest absolute Gasteiger partial charge is 0.257 e. The first-order valence-electron chi connectivity index (χ1n) is 4.97. The molecule has 2 aromatic rings. The van der Waals surface area contributed by atoms with E-state index in [0.717, 1.165) is 10.1 Å². The number of pyridine rings is 1. The molecule has 0 bridgehead atoms. The minimum atomic E-state index is -0.198. The van der Waals surface area contributed by atoms with Gasteiger partial charge in [-0.1, -0.05) is 30.0 Å². The number of thioether (sulfide) groups is 1. The summed E-state index contributed by atoms with van der Waals surface area (Å²) in [6.45, 7) is 2.04. The van der Waals surface area contributed by atoms with Crippen molar-refractivity contribution in [1.29, 1.82) is 0 Å². The average Bonchev–Trinajstić information content (AvgIpc) is 2.78. The molecule has 0 saturated heterocycles. The fraction of sp³-hybridized carbons (Fsp3) is 0.200. The molecular weight excluding hydrogens is 256 g/mol. The van der Waals surface area contributed by atoms with Crippen LogP contribution in [0.4, 0.5) is 5.13 Å². The molecule has 5 nitrogen and oxygen atoms in total. The number of aromatic nitrogens is 3. The lowest BCUT2D eigenvalue weighted by Gasteiger charge is -1.99. The van der Waals surface area contributed by atoms with Crippen LogP contribution in [0.15, 0.2) is 28.9 Å². The lowest BCUT2D eigenvalue weighted by Crippen LogP contribution is -2.11. The van der Waals surface area contributed by atoms with Crippen molar-refractivity contribution < 1.29 is 4.79 Å². The topological polar surface area (TPSA) is 67.8 Å². The van der Waals surface area contributed by atoms with Crippen molar-refractivity contribution >= 4 is 34.1 Å². The number of nitrogens with one attached hydrogen (secondary N) is 1. The number of hydrogen-bond donors (Lipinski definition) is 1. The van der Waals surface area contributed by atoms with Crippen LogP contribution in [-0.4, -0.2) is 26.8 Å². The van der Waals surface area contributed by atoms with Crippen molar-refractivity contribution in [3.8, 4) is 0 Å². The van der Waals surface area contributed by atoms with E-state index in [4.69, 9.17) is 0 Å². The summed E-state index contributed by atoms with van der Waals surface area (Å²) in [5.74, 6) is 0.740. The Kier molecular flexibility index (Phi) is 4.05. The number of anilines is 1. The third kappa shape index (κ3) is 3.24. The molecule has 0 unspecified atom stereocenters. The highest BCUT2D eigenvalue weighted by atomic mass is 32.2. The molecule has 2 heterocycles. The van der Waals surface area contributed by atoms with Gasteiger partial charge in [0.15, 0.2) is 4.34 Å².